The van der Waals surface area contributed by atoms with Crippen molar-refractivity contribution in [2.24, 2.45) is 0 Å². The van der Waals surface area contributed by atoms with E-state index in [0.29, 0.717) is 11.5 Å². The molecule has 0 atom stereocenters. The largest absolute Gasteiger partial charge is 0.433 e. The van der Waals surface area contributed by atoms with Crippen molar-refractivity contribution in [3.63, 3.8) is 0 Å². The van der Waals surface area contributed by atoms with E-state index in [-0.39, 0.29) is 11.4 Å². The number of aryl methyl sites for hydroxylation is 2. The number of furan rings is 1. The summed E-state index contributed by atoms with van der Waals surface area (Å²) in [6.07, 6.45) is 1.83. The second kappa shape index (κ2) is 5.36. The van der Waals surface area contributed by atoms with Crippen LogP contribution in [0.3, 0.4) is 0 Å². The van der Waals surface area contributed by atoms with Crippen LogP contribution >= 0.6 is 0 Å². The quantitative estimate of drug-likeness (QED) is 0.571. The van der Waals surface area contributed by atoms with Gasteiger partial charge in [0.1, 0.15) is 10.6 Å². The minimum Gasteiger partial charge on any atom is -0.399 e. The summed E-state index contributed by atoms with van der Waals surface area (Å²) in [4.78, 5) is 14.9. The standard InChI is InChI=1S/C17H20N4O3/c1-10-8-11(2)20-9-12(13-6-7-14(24-13)21(22)23)18-16(20)15(10)19-17(3,4)5/h6-9,19H,1-5H3. The predicted octanol–water partition coefficient (Wildman–Crippen LogP) is 4.33. The summed E-state index contributed by atoms with van der Waals surface area (Å²) in [6.45, 7) is 10.3. The van der Waals surface area contributed by atoms with Crippen LogP contribution in [0.2, 0.25) is 0 Å². The van der Waals surface area contributed by atoms with E-state index < -0.39 is 4.92 Å². The van der Waals surface area contributed by atoms with Crippen LogP contribution in [0, 0.1) is 24.0 Å². The van der Waals surface area contributed by atoms with Gasteiger partial charge in [0.05, 0.1) is 11.8 Å². The predicted molar refractivity (Wildman–Crippen MR) is 92.4 cm³/mol. The monoisotopic (exact) mass is 328 g/mol. The third kappa shape index (κ3) is 2.84. The maximum Gasteiger partial charge on any atom is 0.433 e. The molecule has 0 aliphatic rings. The Kier molecular flexibility index (Phi) is 3.59. The van der Waals surface area contributed by atoms with Gasteiger partial charge in [0.25, 0.3) is 0 Å². The third-order valence-corrected chi connectivity index (χ3v) is 3.65. The Morgan fingerprint density at radius 2 is 2.00 bits per heavy atom. The van der Waals surface area contributed by atoms with Gasteiger partial charge in [-0.05, 0) is 52.3 Å². The number of aromatic nitrogens is 2. The van der Waals surface area contributed by atoms with Crippen molar-refractivity contribution in [1.82, 2.24) is 9.38 Å². The summed E-state index contributed by atoms with van der Waals surface area (Å²) in [5.41, 5.74) is 4.29. The minimum atomic E-state index is -0.554. The fraction of sp³-hybridized carbons (Fsp3) is 0.353. The Bertz CT molecular complexity index is 931. The first kappa shape index (κ1) is 16.0. The third-order valence-electron chi connectivity index (χ3n) is 3.65. The number of hydrogen-bond acceptors (Lipinski definition) is 5. The molecule has 0 aromatic carbocycles. The molecule has 24 heavy (non-hydrogen) atoms. The van der Waals surface area contributed by atoms with Crippen LogP contribution in [0.4, 0.5) is 11.6 Å². The summed E-state index contributed by atoms with van der Waals surface area (Å²) in [5.74, 6) is 0.0900. The summed E-state index contributed by atoms with van der Waals surface area (Å²) in [6, 6.07) is 4.99. The lowest BCUT2D eigenvalue weighted by molar-refractivity contribution is -0.401. The number of nitrogens with one attached hydrogen (secondary N) is 1. The molecular formula is C17H20N4O3. The van der Waals surface area contributed by atoms with E-state index in [1.165, 1.54) is 6.07 Å². The zero-order valence-corrected chi connectivity index (χ0v) is 14.4. The van der Waals surface area contributed by atoms with E-state index in [1.54, 1.807) is 6.07 Å². The second-order valence-corrected chi connectivity index (χ2v) is 6.93. The van der Waals surface area contributed by atoms with Crippen molar-refractivity contribution in [2.75, 3.05) is 5.32 Å². The number of rotatable bonds is 3. The maximum atomic E-state index is 10.8. The number of imidazole rings is 1. The molecule has 0 fully saturated rings. The molecule has 0 unspecified atom stereocenters. The molecule has 0 saturated heterocycles. The van der Waals surface area contributed by atoms with Crippen molar-refractivity contribution < 1.29 is 9.34 Å². The van der Waals surface area contributed by atoms with Crippen LogP contribution in [0.5, 0.6) is 0 Å². The van der Waals surface area contributed by atoms with Crippen molar-refractivity contribution in [3.8, 4) is 11.5 Å². The molecule has 0 aliphatic heterocycles. The van der Waals surface area contributed by atoms with Crippen LogP contribution in [0.25, 0.3) is 17.1 Å². The lowest BCUT2D eigenvalue weighted by Crippen LogP contribution is -2.27. The van der Waals surface area contributed by atoms with Crippen LogP contribution in [0.1, 0.15) is 32.0 Å². The number of nitrogens with zero attached hydrogens (tertiary/aromatic N) is 3. The molecule has 7 heteroatoms. The molecule has 0 bridgehead atoms. The van der Waals surface area contributed by atoms with Crippen LogP contribution in [0.15, 0.2) is 28.8 Å². The van der Waals surface area contributed by atoms with Crippen molar-refractivity contribution in [1.29, 1.82) is 0 Å². The smallest absolute Gasteiger partial charge is 0.399 e. The first-order valence-corrected chi connectivity index (χ1v) is 7.68. The van der Waals surface area contributed by atoms with Crippen molar-refractivity contribution in [2.45, 2.75) is 40.2 Å². The summed E-state index contributed by atoms with van der Waals surface area (Å²) < 4.78 is 7.24. The van der Waals surface area contributed by atoms with Gasteiger partial charge in [0.15, 0.2) is 11.4 Å². The van der Waals surface area contributed by atoms with Crippen LogP contribution in [-0.2, 0) is 0 Å². The molecule has 3 heterocycles. The minimum absolute atomic E-state index is 0.115. The highest BCUT2D eigenvalue weighted by atomic mass is 16.6. The summed E-state index contributed by atoms with van der Waals surface area (Å²) in [5, 5.41) is 14.3. The van der Waals surface area contributed by atoms with Crippen molar-refractivity contribution >= 4 is 17.2 Å². The molecule has 3 aromatic heterocycles. The number of fused-ring (bicyclic) bond motifs is 1. The van der Waals surface area contributed by atoms with Gasteiger partial charge >= 0.3 is 5.88 Å². The Labute approximate surface area is 139 Å². The van der Waals surface area contributed by atoms with E-state index in [0.717, 1.165) is 22.6 Å². The van der Waals surface area contributed by atoms with E-state index >= 15 is 0 Å². The molecule has 0 aliphatic carbocycles. The highest BCUT2D eigenvalue weighted by Crippen LogP contribution is 2.31. The fourth-order valence-electron chi connectivity index (χ4n) is 2.67. The zero-order chi connectivity index (χ0) is 17.6. The summed E-state index contributed by atoms with van der Waals surface area (Å²) in [7, 11) is 0. The van der Waals surface area contributed by atoms with Gasteiger partial charge in [0, 0.05) is 17.4 Å². The molecule has 126 valence electrons. The number of nitro groups is 1. The van der Waals surface area contributed by atoms with Gasteiger partial charge in [-0.25, -0.2) is 4.98 Å². The maximum absolute atomic E-state index is 10.8. The highest BCUT2D eigenvalue weighted by Gasteiger charge is 2.20. The number of pyridine rings is 1. The average Bonchev–Trinajstić information content (AvgIpc) is 3.09. The first-order valence-electron chi connectivity index (χ1n) is 7.68. The number of anilines is 1. The lowest BCUT2D eigenvalue weighted by Gasteiger charge is -2.24. The second-order valence-electron chi connectivity index (χ2n) is 6.93. The molecule has 7 nitrogen and oxygen atoms in total. The van der Waals surface area contributed by atoms with Crippen molar-refractivity contribution in [3.05, 3.63) is 45.8 Å². The van der Waals surface area contributed by atoms with E-state index in [1.807, 2.05) is 24.4 Å². The molecule has 3 rings (SSSR count). The molecule has 3 aromatic rings. The highest BCUT2D eigenvalue weighted by molar-refractivity contribution is 5.76. The van der Waals surface area contributed by atoms with E-state index in [9.17, 15) is 10.1 Å². The van der Waals surface area contributed by atoms with E-state index in [2.05, 4.69) is 37.1 Å². The van der Waals surface area contributed by atoms with Gasteiger partial charge in [0.2, 0.25) is 0 Å². The molecule has 1 N–H and O–H groups in total. The van der Waals surface area contributed by atoms with Gasteiger partial charge in [-0.3, -0.25) is 10.1 Å². The van der Waals surface area contributed by atoms with Gasteiger partial charge in [-0.15, -0.1) is 0 Å². The molecule has 0 radical (unpaired) electrons. The zero-order valence-electron chi connectivity index (χ0n) is 14.4. The SMILES string of the molecule is Cc1cc(C)n2cc(-c3ccc([N+](=O)[O-])o3)nc2c1NC(C)(C)C. The Morgan fingerprint density at radius 1 is 1.29 bits per heavy atom. The first-order chi connectivity index (χ1) is 11.2. The fourth-order valence-corrected chi connectivity index (χ4v) is 2.67. The number of hydrogen-bond donors (Lipinski definition) is 1. The average molecular weight is 328 g/mol. The van der Waals surface area contributed by atoms with Gasteiger partial charge in [-0.1, -0.05) is 0 Å². The van der Waals surface area contributed by atoms with Gasteiger partial charge in [-0.2, -0.15) is 0 Å². The lowest BCUT2D eigenvalue weighted by atomic mass is 10.1. The molecule has 0 amide bonds. The Balaban J connectivity index is 2.17. The topological polar surface area (TPSA) is 85.6 Å². The normalized spacial score (nSPS) is 11.9. The molecule has 0 spiro atoms. The molecular weight excluding hydrogens is 308 g/mol. The van der Waals surface area contributed by atoms with Crippen LogP contribution < -0.4 is 5.32 Å². The summed E-state index contributed by atoms with van der Waals surface area (Å²) >= 11 is 0. The Morgan fingerprint density at radius 3 is 2.58 bits per heavy atom. The van der Waals surface area contributed by atoms with Crippen LogP contribution in [-0.4, -0.2) is 19.8 Å². The van der Waals surface area contributed by atoms with E-state index in [4.69, 9.17) is 4.42 Å². The molecule has 0 saturated carbocycles. The Hall–Kier alpha value is -2.83. The van der Waals surface area contributed by atoms with Gasteiger partial charge < -0.3 is 14.1 Å².